The molecule has 2 aromatic carbocycles. The standard InChI is InChI=1S/C35H45N5O/c1-4-22-20-40-17-14-35(21-36-34-26(35)11-12-30(41)32(34)28-10-7-15-38(28)2)31(40)19-23(22)18-29-33-25(13-16-39(29)3)24-8-5-6-9-27(24)37-33/h4-6,8-9,11-12,22-23,28-29,31,36-37,41H,1,7,10,13-21H2,2-3H3/t22-,23-,28+,29-,31-,35-/m0/s1. The predicted octanol–water partition coefficient (Wildman–Crippen LogP) is 5.82. The van der Waals surface area contributed by atoms with Gasteiger partial charge in [0.2, 0.25) is 0 Å². The SMILES string of the molecule is C=C[C@H]1CN2CC[C@@]3(CNc4c3ccc(O)c4[C@H]3CCCN3C)[C@@H]2C[C@@H]1C[C@H]1c2[nH]c3ccccc3c2CCN1C. The lowest BCUT2D eigenvalue weighted by Crippen LogP contribution is -2.51. The maximum Gasteiger partial charge on any atom is 0.122 e. The second-order valence-corrected chi connectivity index (χ2v) is 13.8. The fourth-order valence-electron chi connectivity index (χ4n) is 9.74. The van der Waals surface area contributed by atoms with Crippen LogP contribution < -0.4 is 5.32 Å². The number of aromatic nitrogens is 1. The number of hydrogen-bond donors (Lipinski definition) is 3. The monoisotopic (exact) mass is 551 g/mol. The zero-order chi connectivity index (χ0) is 27.9. The van der Waals surface area contributed by atoms with Crippen LogP contribution in [0.2, 0.25) is 0 Å². The van der Waals surface area contributed by atoms with Gasteiger partial charge in [-0.05, 0) is 101 Å². The van der Waals surface area contributed by atoms with Gasteiger partial charge in [0.25, 0.3) is 0 Å². The van der Waals surface area contributed by atoms with Crippen LogP contribution in [0.5, 0.6) is 5.75 Å². The lowest BCUT2D eigenvalue weighted by Gasteiger charge is -2.46. The van der Waals surface area contributed by atoms with Crippen LogP contribution in [0.15, 0.2) is 49.1 Å². The van der Waals surface area contributed by atoms with Crippen molar-refractivity contribution < 1.29 is 5.11 Å². The summed E-state index contributed by atoms with van der Waals surface area (Å²) in [6.07, 6.45) is 9.26. The Labute approximate surface area is 244 Å². The number of rotatable bonds is 4. The van der Waals surface area contributed by atoms with Gasteiger partial charge in [-0.3, -0.25) is 14.7 Å². The minimum Gasteiger partial charge on any atom is -0.508 e. The molecule has 8 rings (SSSR count). The molecule has 6 heterocycles. The van der Waals surface area contributed by atoms with Crippen molar-refractivity contribution >= 4 is 16.6 Å². The number of likely N-dealkylation sites (N-methyl/N-ethyl adjacent to an activating group) is 1. The van der Waals surface area contributed by atoms with E-state index >= 15 is 0 Å². The van der Waals surface area contributed by atoms with Crippen molar-refractivity contribution in [1.29, 1.82) is 0 Å². The first-order valence-electron chi connectivity index (χ1n) is 16.0. The quantitative estimate of drug-likeness (QED) is 0.357. The van der Waals surface area contributed by atoms with E-state index in [1.165, 1.54) is 59.1 Å². The number of para-hydroxylation sites is 1. The highest BCUT2D eigenvalue weighted by Crippen LogP contribution is 2.56. The molecule has 0 amide bonds. The van der Waals surface area contributed by atoms with Crippen LogP contribution >= 0.6 is 0 Å². The minimum absolute atomic E-state index is 0.115. The average Bonchev–Trinajstić information content (AvgIpc) is 3.75. The van der Waals surface area contributed by atoms with Crippen LogP contribution in [0.4, 0.5) is 5.69 Å². The first-order chi connectivity index (χ1) is 20.0. The van der Waals surface area contributed by atoms with Gasteiger partial charge in [-0.2, -0.15) is 0 Å². The molecule has 6 heteroatoms. The topological polar surface area (TPSA) is 57.8 Å². The van der Waals surface area contributed by atoms with Crippen LogP contribution in [0, 0.1) is 11.8 Å². The highest BCUT2D eigenvalue weighted by atomic mass is 16.3. The molecule has 5 aliphatic rings. The Hall–Kier alpha value is -2.80. The second-order valence-electron chi connectivity index (χ2n) is 13.8. The largest absolute Gasteiger partial charge is 0.508 e. The molecule has 41 heavy (non-hydrogen) atoms. The van der Waals surface area contributed by atoms with Crippen molar-refractivity contribution in [2.24, 2.45) is 11.8 Å². The van der Waals surface area contributed by atoms with Gasteiger partial charge in [0.1, 0.15) is 5.75 Å². The predicted molar refractivity (Wildman–Crippen MR) is 167 cm³/mol. The average molecular weight is 552 g/mol. The summed E-state index contributed by atoms with van der Waals surface area (Å²) in [7, 11) is 4.53. The van der Waals surface area contributed by atoms with E-state index in [9.17, 15) is 5.11 Å². The number of hydrogen-bond acceptors (Lipinski definition) is 5. The fraction of sp³-hybridized carbons (Fsp3) is 0.543. The third-order valence-electron chi connectivity index (χ3n) is 11.9. The number of phenols is 1. The molecule has 1 spiro atoms. The Morgan fingerprint density at radius 3 is 2.80 bits per heavy atom. The summed E-state index contributed by atoms with van der Waals surface area (Å²) in [4.78, 5) is 11.7. The van der Waals surface area contributed by atoms with E-state index in [2.05, 4.69) is 82.1 Å². The molecule has 0 radical (unpaired) electrons. The molecule has 0 bridgehead atoms. The van der Waals surface area contributed by atoms with Gasteiger partial charge in [-0.15, -0.1) is 6.58 Å². The van der Waals surface area contributed by atoms with E-state index in [1.54, 1.807) is 0 Å². The Kier molecular flexibility index (Phi) is 6.07. The molecule has 3 fully saturated rings. The number of likely N-dealkylation sites (tertiary alicyclic amines) is 1. The van der Waals surface area contributed by atoms with Gasteiger partial charge in [0.05, 0.1) is 6.04 Å². The molecular formula is C35H45N5O. The molecular weight excluding hydrogens is 506 g/mol. The van der Waals surface area contributed by atoms with E-state index in [0.29, 0.717) is 35.7 Å². The van der Waals surface area contributed by atoms with Gasteiger partial charge in [0, 0.05) is 65.0 Å². The Morgan fingerprint density at radius 1 is 1.10 bits per heavy atom. The lowest BCUT2D eigenvalue weighted by atomic mass is 9.68. The molecule has 216 valence electrons. The number of H-pyrrole nitrogens is 1. The van der Waals surface area contributed by atoms with E-state index in [0.717, 1.165) is 51.1 Å². The summed E-state index contributed by atoms with van der Waals surface area (Å²) >= 11 is 0. The fourth-order valence-corrected chi connectivity index (χ4v) is 9.74. The Bertz CT molecular complexity index is 1500. The summed E-state index contributed by atoms with van der Waals surface area (Å²) in [5.74, 6) is 1.57. The zero-order valence-corrected chi connectivity index (χ0v) is 24.7. The summed E-state index contributed by atoms with van der Waals surface area (Å²) in [5.41, 5.74) is 8.22. The first-order valence-corrected chi connectivity index (χ1v) is 16.0. The van der Waals surface area contributed by atoms with Crippen LogP contribution in [0.1, 0.15) is 66.6 Å². The van der Waals surface area contributed by atoms with Crippen molar-refractivity contribution in [2.75, 3.05) is 52.1 Å². The van der Waals surface area contributed by atoms with Gasteiger partial charge >= 0.3 is 0 Å². The maximum atomic E-state index is 11.1. The van der Waals surface area contributed by atoms with Crippen molar-refractivity contribution in [3.63, 3.8) is 0 Å². The Morgan fingerprint density at radius 2 is 1.98 bits per heavy atom. The highest BCUT2D eigenvalue weighted by molar-refractivity contribution is 5.85. The van der Waals surface area contributed by atoms with E-state index in [4.69, 9.17) is 0 Å². The molecule has 0 saturated carbocycles. The van der Waals surface area contributed by atoms with Crippen molar-refractivity contribution in [1.82, 2.24) is 19.7 Å². The van der Waals surface area contributed by atoms with Crippen LogP contribution in [-0.4, -0.2) is 77.7 Å². The number of phenolic OH excluding ortho intramolecular Hbond substituents is 1. The number of anilines is 1. The van der Waals surface area contributed by atoms with Gasteiger partial charge in [-0.25, -0.2) is 0 Å². The molecule has 0 unspecified atom stereocenters. The molecule has 6 nitrogen and oxygen atoms in total. The van der Waals surface area contributed by atoms with Crippen molar-refractivity contribution in [2.45, 2.75) is 62.1 Å². The van der Waals surface area contributed by atoms with Gasteiger partial charge < -0.3 is 15.4 Å². The summed E-state index contributed by atoms with van der Waals surface area (Å²) in [5, 5.41) is 16.4. The van der Waals surface area contributed by atoms with E-state index in [-0.39, 0.29) is 5.41 Å². The van der Waals surface area contributed by atoms with Crippen molar-refractivity contribution in [3.05, 3.63) is 71.4 Å². The smallest absolute Gasteiger partial charge is 0.122 e. The van der Waals surface area contributed by atoms with Crippen LogP contribution in [0.3, 0.4) is 0 Å². The number of fused-ring (bicyclic) bond motifs is 7. The highest BCUT2D eigenvalue weighted by Gasteiger charge is 2.55. The lowest BCUT2D eigenvalue weighted by molar-refractivity contribution is 0.0665. The molecule has 5 aliphatic heterocycles. The van der Waals surface area contributed by atoms with Crippen LogP contribution in [-0.2, 0) is 11.8 Å². The van der Waals surface area contributed by atoms with E-state index in [1.807, 2.05) is 6.07 Å². The zero-order valence-electron chi connectivity index (χ0n) is 24.7. The number of nitrogens with one attached hydrogen (secondary N) is 2. The summed E-state index contributed by atoms with van der Waals surface area (Å²) in [6, 6.07) is 14.3. The molecule has 6 atom stereocenters. The van der Waals surface area contributed by atoms with E-state index < -0.39 is 0 Å². The number of nitrogens with zero attached hydrogens (tertiary/aromatic N) is 3. The third kappa shape index (κ3) is 3.80. The normalized spacial score (nSPS) is 33.7. The minimum atomic E-state index is 0.115. The molecule has 3 N–H and O–H groups in total. The molecule has 1 aromatic heterocycles. The summed E-state index contributed by atoms with van der Waals surface area (Å²) < 4.78 is 0. The second kappa shape index (κ2) is 9.62. The summed E-state index contributed by atoms with van der Waals surface area (Å²) in [6.45, 7) is 9.81. The third-order valence-corrected chi connectivity index (χ3v) is 11.9. The number of aromatic hydroxyl groups is 1. The van der Waals surface area contributed by atoms with Crippen LogP contribution in [0.25, 0.3) is 10.9 Å². The first kappa shape index (κ1) is 25.9. The molecule has 3 aromatic rings. The number of piperidine rings is 1. The molecule has 3 saturated heterocycles. The van der Waals surface area contributed by atoms with Gasteiger partial charge in [0.15, 0.2) is 0 Å². The van der Waals surface area contributed by atoms with Gasteiger partial charge in [-0.1, -0.05) is 30.3 Å². The molecule has 0 aliphatic carbocycles. The number of benzene rings is 2. The van der Waals surface area contributed by atoms with Crippen molar-refractivity contribution in [3.8, 4) is 5.75 Å². The Balaban J connectivity index is 1.13. The maximum absolute atomic E-state index is 11.1. The number of aromatic amines is 1.